The average molecular weight is 178 g/mol. The van der Waals surface area contributed by atoms with Crippen LogP contribution in [-0.4, -0.2) is 51.5 Å². The molecule has 0 heterocycles. The second-order valence-corrected chi connectivity index (χ2v) is 1.28. The van der Waals surface area contributed by atoms with E-state index >= 15 is 0 Å². The van der Waals surface area contributed by atoms with Crippen LogP contribution in [0.4, 0.5) is 0 Å². The Bertz CT molecular complexity index is 96.2. The van der Waals surface area contributed by atoms with Crippen molar-refractivity contribution in [2.75, 3.05) is 0 Å². The second kappa shape index (κ2) is 12.3. The molecule has 0 aromatic rings. The fourth-order valence-corrected chi connectivity index (χ4v) is 0. The van der Waals surface area contributed by atoms with E-state index in [0.29, 0.717) is 0 Å². The van der Waals surface area contributed by atoms with Crippen LogP contribution >= 0.6 is 0 Å². The van der Waals surface area contributed by atoms with Crippen LogP contribution in [0.5, 0.6) is 0 Å². The molecule has 0 saturated carbocycles. The zero-order chi connectivity index (χ0) is 4.50. The van der Waals surface area contributed by atoms with Gasteiger partial charge in [-0.05, 0) is 0 Å². The number of hydrogen-bond acceptors (Lipinski definition) is 5. The van der Waals surface area contributed by atoms with Crippen LogP contribution in [0.2, 0.25) is 0 Å². The van der Waals surface area contributed by atoms with Gasteiger partial charge >= 0.3 is 52.6 Å². The van der Waals surface area contributed by atoms with Gasteiger partial charge in [-0.2, -0.15) is 0 Å². The van der Waals surface area contributed by atoms with E-state index in [-0.39, 0.29) is 63.6 Å². The first kappa shape index (κ1) is 31.2. The van der Waals surface area contributed by atoms with Gasteiger partial charge in [-0.1, -0.05) is 0 Å². The molecule has 0 bridgehead atoms. The van der Waals surface area contributed by atoms with E-state index in [1.165, 1.54) is 0 Å². The molecule has 9 heteroatoms. The van der Waals surface area contributed by atoms with Crippen LogP contribution in [0.15, 0.2) is 0 Å². The van der Waals surface area contributed by atoms with Crippen molar-refractivity contribution in [3.8, 4) is 0 Å². The van der Waals surface area contributed by atoms with E-state index in [4.69, 9.17) is 17.5 Å². The van der Waals surface area contributed by atoms with Gasteiger partial charge in [0, 0.05) is 0 Å². The van der Waals surface area contributed by atoms with Crippen LogP contribution in [0.25, 0.3) is 0 Å². The Hall–Kier alpha value is 1.56. The van der Waals surface area contributed by atoms with Crippen molar-refractivity contribution in [2.45, 2.75) is 0 Å². The molecule has 9 heavy (non-hydrogen) atoms. The second-order valence-electron chi connectivity index (χ2n) is 0.428. The first-order chi connectivity index (χ1) is 2.00. The molecule has 0 radical (unpaired) electrons. The molecule has 0 rings (SSSR count). The first-order valence-corrected chi connectivity index (χ1v) is 2.05. The van der Waals surface area contributed by atoms with E-state index in [1.807, 2.05) is 0 Å². The fraction of sp³-hybridized carbons (Fsp3) is 0. The third-order valence-corrected chi connectivity index (χ3v) is 0. The van der Waals surface area contributed by atoms with Gasteiger partial charge in [0.15, 0.2) is 0 Å². The molecule has 0 aliphatic heterocycles. The summed E-state index contributed by atoms with van der Waals surface area (Å²) in [5.74, 6) is 0. The number of hydrogen-bond donors (Lipinski definition) is 1. The molecule has 0 amide bonds. The van der Waals surface area contributed by atoms with Crippen molar-refractivity contribution in [1.82, 2.24) is 0 Å². The van der Waals surface area contributed by atoms with Gasteiger partial charge < -0.3 is 15.5 Å². The average Bonchev–Trinajstić information content (AvgIpc) is 0.722. The topological polar surface area (TPSA) is 137 Å². The summed E-state index contributed by atoms with van der Waals surface area (Å²) in [6.07, 6.45) is 0. The molecule has 0 aliphatic rings. The Morgan fingerprint density at radius 1 is 1.22 bits per heavy atom. The van der Waals surface area contributed by atoms with Gasteiger partial charge in [0.25, 0.3) is 0 Å². The molecule has 0 spiro atoms. The van der Waals surface area contributed by atoms with Crippen molar-refractivity contribution in [2.24, 2.45) is 0 Å². The maximum atomic E-state index is 8.63. The third-order valence-electron chi connectivity index (χ3n) is 0. The van der Waals surface area contributed by atoms with Gasteiger partial charge in [-0.25, -0.2) is 8.42 Å². The summed E-state index contributed by atoms with van der Waals surface area (Å²) < 4.78 is 32.8. The van der Waals surface area contributed by atoms with Gasteiger partial charge in [-0.15, -0.1) is 0 Å². The zero-order valence-electron chi connectivity index (χ0n) is 4.68. The molecule has 0 saturated heterocycles. The van der Waals surface area contributed by atoms with Gasteiger partial charge in [0.2, 0.25) is 10.4 Å². The molecule has 0 fully saturated rings. The molecule has 0 unspecified atom stereocenters. The summed E-state index contributed by atoms with van der Waals surface area (Å²) in [6.45, 7) is 0. The van der Waals surface area contributed by atoms with Crippen molar-refractivity contribution in [3.05, 3.63) is 0 Å². The molecule has 0 aromatic heterocycles. The Kier molecular flexibility index (Phi) is 42.5. The Balaban J connectivity index is -0.0000000133. The predicted molar refractivity (Wildman–Crippen MR) is 22.0 cm³/mol. The molecule has 0 aliphatic carbocycles. The van der Waals surface area contributed by atoms with Crippen LogP contribution in [0, 0.1) is 0 Å². The Labute approximate surface area is 90.7 Å². The summed E-state index contributed by atoms with van der Waals surface area (Å²) in [5, 5.41) is 0. The van der Waals surface area contributed by atoms with E-state index in [0.717, 1.165) is 0 Å². The van der Waals surface area contributed by atoms with Crippen LogP contribution in [0.1, 0.15) is 0 Å². The quantitative estimate of drug-likeness (QED) is 0.225. The summed E-state index contributed by atoms with van der Waals surface area (Å²) in [4.78, 5) is 0. The van der Waals surface area contributed by atoms with E-state index in [1.54, 1.807) is 0 Å². The smallest absolute Gasteiger partial charge is 0.870 e. The molecule has 3 N–H and O–H groups in total. The first-order valence-electron chi connectivity index (χ1n) is 0.683. The fourth-order valence-electron chi connectivity index (χ4n) is 0. The molecule has 48 valence electrons. The summed E-state index contributed by atoms with van der Waals surface area (Å²) in [5.41, 5.74) is 0. The Morgan fingerprint density at radius 2 is 1.22 bits per heavy atom. The largest absolute Gasteiger partial charge is 2.00 e. The molecular formula is H3MgNaO6S. The minimum Gasteiger partial charge on any atom is -0.870 e. The maximum absolute atomic E-state index is 8.63. The summed E-state index contributed by atoms with van der Waals surface area (Å²) >= 11 is 0. The van der Waals surface area contributed by atoms with Gasteiger partial charge in [0.05, 0.1) is 0 Å². The predicted octanol–water partition coefficient (Wildman–Crippen LogP) is -4.73. The Morgan fingerprint density at radius 3 is 1.22 bits per heavy atom. The molecule has 0 aromatic carbocycles. The minimum absolute atomic E-state index is 0. The normalized spacial score (nSPS) is 6.44. The van der Waals surface area contributed by atoms with Gasteiger partial charge in [-0.3, -0.25) is 4.55 Å². The van der Waals surface area contributed by atoms with E-state index < -0.39 is 10.4 Å². The maximum Gasteiger partial charge on any atom is 2.00 e. The van der Waals surface area contributed by atoms with Gasteiger partial charge in [0.1, 0.15) is 0 Å². The SMILES string of the molecule is O=S(=O)([O-])O.[Mg+2].[Na+].[OH-].[OH-]. The van der Waals surface area contributed by atoms with E-state index in [2.05, 4.69) is 0 Å². The van der Waals surface area contributed by atoms with Crippen molar-refractivity contribution < 1.29 is 58.0 Å². The molecule has 0 atom stereocenters. The molecular weight excluding hydrogens is 175 g/mol. The number of rotatable bonds is 0. The summed E-state index contributed by atoms with van der Waals surface area (Å²) in [7, 11) is -4.92. The molecule has 6 nitrogen and oxygen atoms in total. The van der Waals surface area contributed by atoms with Crippen molar-refractivity contribution in [3.63, 3.8) is 0 Å². The van der Waals surface area contributed by atoms with Crippen LogP contribution < -0.4 is 29.6 Å². The van der Waals surface area contributed by atoms with Crippen LogP contribution in [-0.2, 0) is 10.4 Å². The van der Waals surface area contributed by atoms with Crippen molar-refractivity contribution in [1.29, 1.82) is 0 Å². The monoisotopic (exact) mass is 178 g/mol. The zero-order valence-corrected chi connectivity index (χ0v) is 8.91. The standard InChI is InChI=1S/Mg.Na.H2O4S.2H2O/c;;1-5(2,3)4;;/h;;(H2,1,2,3,4);2*1H2/q+2;+1;;;/p-3. The van der Waals surface area contributed by atoms with E-state index in [9.17, 15) is 0 Å². The summed E-state index contributed by atoms with van der Waals surface area (Å²) in [6, 6.07) is 0. The third kappa shape index (κ3) is 225. The van der Waals surface area contributed by atoms with Crippen LogP contribution in [0.3, 0.4) is 0 Å². The minimum atomic E-state index is -4.92. The van der Waals surface area contributed by atoms with Crippen molar-refractivity contribution >= 4 is 33.5 Å².